The van der Waals surface area contributed by atoms with E-state index in [0.717, 1.165) is 141 Å². The van der Waals surface area contributed by atoms with Crippen LogP contribution in [0, 0.1) is 5.92 Å². The number of unbranched alkanes of at least 4 members (excludes halogenated alkanes) is 24. The molecule has 0 bridgehead atoms. The molecule has 0 spiro atoms. The Labute approximate surface area is 488 Å². The number of nitrogens with zero attached hydrogens (tertiary/aromatic N) is 1. The van der Waals surface area contributed by atoms with Gasteiger partial charge in [-0.05, 0) is 77.0 Å². The van der Waals surface area contributed by atoms with Gasteiger partial charge >= 0.3 is 23.9 Å². The third kappa shape index (κ3) is 44.9. The molecule has 0 saturated carbocycles. The van der Waals surface area contributed by atoms with Crippen LogP contribution in [0.4, 0.5) is 0 Å². The standard InChI is InChI=1S/C60H107N7O15/c1-45(2)50(68)44-67(3)58(78)46(61)32-28-30-43-63-57(77)47(64-54(72)41-39-49(60(81)82)66-53(71)35-25-21-17-13-9-5-7-11-15-19-23-27-37-56(75)76)33-29-31-42-62-51(69)40-38-48(59(79)80)65-52(70)34-24-20-16-12-8-4-6-10-14-18-22-26-36-55(73)74/h45-49H,4-44,61H2,1-3H3,(H,62,69)(H,63,77)(H,64,72)(H,65,70)(H,66,71)(H,73,74)(H,75,76)(H,79,80)(H,81,82)/t46-,47-,48-,49-/m0/s1. The summed E-state index contributed by atoms with van der Waals surface area (Å²) < 4.78 is 0. The molecule has 0 aromatic rings. The number of amides is 6. The van der Waals surface area contributed by atoms with E-state index in [1.165, 1.54) is 11.9 Å². The Kier molecular flexibility index (Phi) is 46.4. The van der Waals surface area contributed by atoms with Crippen LogP contribution in [0.5, 0.6) is 0 Å². The van der Waals surface area contributed by atoms with Crippen LogP contribution >= 0.6 is 0 Å². The van der Waals surface area contributed by atoms with Crippen LogP contribution in [0.3, 0.4) is 0 Å². The van der Waals surface area contributed by atoms with Crippen LogP contribution in [-0.4, -0.2) is 141 Å². The number of carbonyl (C=O) groups excluding carboxylic acids is 7. The number of hydrogen-bond donors (Lipinski definition) is 10. The van der Waals surface area contributed by atoms with Crippen molar-refractivity contribution in [3.05, 3.63) is 0 Å². The zero-order valence-corrected chi connectivity index (χ0v) is 50.2. The third-order valence-corrected chi connectivity index (χ3v) is 14.5. The summed E-state index contributed by atoms with van der Waals surface area (Å²) in [6.45, 7) is 3.83. The van der Waals surface area contributed by atoms with Gasteiger partial charge in [0.2, 0.25) is 35.4 Å². The summed E-state index contributed by atoms with van der Waals surface area (Å²) in [5.41, 5.74) is 6.11. The molecule has 22 nitrogen and oxygen atoms in total. The lowest BCUT2D eigenvalue weighted by molar-refractivity contribution is -0.142. The van der Waals surface area contributed by atoms with Crippen LogP contribution in [-0.2, 0) is 52.7 Å². The summed E-state index contributed by atoms with van der Waals surface area (Å²) in [6, 6.07) is -4.43. The van der Waals surface area contributed by atoms with E-state index in [-0.39, 0.29) is 95.0 Å². The summed E-state index contributed by atoms with van der Waals surface area (Å²) in [5, 5.41) is 50.3. The highest BCUT2D eigenvalue weighted by Gasteiger charge is 2.26. The van der Waals surface area contributed by atoms with Crippen LogP contribution < -0.4 is 32.3 Å². The predicted octanol–water partition coefficient (Wildman–Crippen LogP) is 7.85. The predicted molar refractivity (Wildman–Crippen MR) is 313 cm³/mol. The highest BCUT2D eigenvalue weighted by Crippen LogP contribution is 2.16. The molecule has 0 aliphatic heterocycles. The molecule has 0 fully saturated rings. The maximum Gasteiger partial charge on any atom is 0.326 e. The molecule has 0 aliphatic rings. The Morgan fingerprint density at radius 1 is 0.378 bits per heavy atom. The van der Waals surface area contributed by atoms with Crippen LogP contribution in [0.1, 0.15) is 258 Å². The quantitative estimate of drug-likeness (QED) is 0.0259. The number of likely N-dealkylation sites (N-methyl/N-ethyl adjacent to an activating group) is 1. The van der Waals surface area contributed by atoms with Crippen molar-refractivity contribution >= 4 is 65.1 Å². The van der Waals surface area contributed by atoms with Gasteiger partial charge in [0.25, 0.3) is 0 Å². The topological polar surface area (TPSA) is 358 Å². The van der Waals surface area contributed by atoms with E-state index in [2.05, 4.69) is 26.6 Å². The van der Waals surface area contributed by atoms with E-state index < -0.39 is 77.6 Å². The van der Waals surface area contributed by atoms with Gasteiger partial charge in [0.15, 0.2) is 5.78 Å². The molecule has 472 valence electrons. The van der Waals surface area contributed by atoms with Crippen molar-refractivity contribution < 1.29 is 73.2 Å². The number of carboxylic acid groups (broad SMARTS) is 4. The lowest BCUT2D eigenvalue weighted by Gasteiger charge is -2.22. The van der Waals surface area contributed by atoms with Gasteiger partial charge in [-0.1, -0.05) is 142 Å². The molecule has 6 amide bonds. The molecule has 0 aliphatic carbocycles. The minimum absolute atomic E-state index is 0.0442. The van der Waals surface area contributed by atoms with E-state index in [9.17, 15) is 63.0 Å². The average Bonchev–Trinajstić information content (AvgIpc) is 3.41. The second kappa shape index (κ2) is 49.9. The van der Waals surface area contributed by atoms with Crippen molar-refractivity contribution in [1.29, 1.82) is 0 Å². The summed E-state index contributed by atoms with van der Waals surface area (Å²) in [6.07, 6.45) is 25.7. The van der Waals surface area contributed by atoms with Crippen molar-refractivity contribution in [3.63, 3.8) is 0 Å². The Morgan fingerprint density at radius 2 is 0.707 bits per heavy atom. The monoisotopic (exact) mass is 1170 g/mol. The first-order valence-electron chi connectivity index (χ1n) is 31.0. The van der Waals surface area contributed by atoms with Crippen LogP contribution in [0.2, 0.25) is 0 Å². The van der Waals surface area contributed by atoms with Gasteiger partial charge in [-0.15, -0.1) is 0 Å². The molecule has 0 aromatic heterocycles. The number of rotatable bonds is 56. The summed E-state index contributed by atoms with van der Waals surface area (Å²) in [5.74, 6) is -7.07. The largest absolute Gasteiger partial charge is 0.481 e. The summed E-state index contributed by atoms with van der Waals surface area (Å²) in [7, 11) is 1.52. The Morgan fingerprint density at radius 3 is 1.09 bits per heavy atom. The molecule has 0 radical (unpaired) electrons. The zero-order chi connectivity index (χ0) is 61.3. The van der Waals surface area contributed by atoms with Gasteiger partial charge in [-0.25, -0.2) is 9.59 Å². The number of carboxylic acids is 4. The zero-order valence-electron chi connectivity index (χ0n) is 50.2. The normalized spacial score (nSPS) is 12.6. The van der Waals surface area contributed by atoms with E-state index in [1.807, 2.05) is 0 Å². The highest BCUT2D eigenvalue weighted by atomic mass is 16.4. The van der Waals surface area contributed by atoms with Gasteiger partial charge in [-0.2, -0.15) is 0 Å². The molecule has 82 heavy (non-hydrogen) atoms. The van der Waals surface area contributed by atoms with Crippen LogP contribution in [0.15, 0.2) is 0 Å². The summed E-state index contributed by atoms with van der Waals surface area (Å²) >= 11 is 0. The van der Waals surface area contributed by atoms with Crippen molar-refractivity contribution in [3.8, 4) is 0 Å². The van der Waals surface area contributed by atoms with E-state index in [0.29, 0.717) is 44.9 Å². The molecular weight excluding hydrogens is 1060 g/mol. The SMILES string of the molecule is CC(C)C(=O)CN(C)C(=O)[C@@H](N)CCCCNC(=O)[C@H](CCCCNC(=O)CC[C@H](NC(=O)CCCCCCCCCCCCCCC(=O)O)C(=O)O)NC(=O)CC[C@H](NC(=O)CCCCCCCCCCCCCCC(=O)O)C(=O)O. The van der Waals surface area contributed by atoms with E-state index in [4.69, 9.17) is 15.9 Å². The minimum atomic E-state index is -1.32. The molecule has 0 saturated heterocycles. The van der Waals surface area contributed by atoms with Crippen LogP contribution in [0.25, 0.3) is 0 Å². The third-order valence-electron chi connectivity index (χ3n) is 14.5. The summed E-state index contributed by atoms with van der Waals surface area (Å²) in [4.78, 5) is 136. The second-order valence-corrected chi connectivity index (χ2v) is 22.4. The number of Topliss-reactive ketones (excluding diaryl/α,β-unsaturated/α-hetero) is 1. The number of hydrogen-bond acceptors (Lipinski definition) is 12. The average molecular weight is 1170 g/mol. The first-order chi connectivity index (χ1) is 39.1. The van der Waals surface area contributed by atoms with Crippen molar-refractivity contribution in [2.75, 3.05) is 26.7 Å². The fourth-order valence-corrected chi connectivity index (χ4v) is 9.31. The van der Waals surface area contributed by atoms with Gasteiger partial charge < -0.3 is 57.6 Å². The highest BCUT2D eigenvalue weighted by molar-refractivity contribution is 5.90. The molecule has 0 rings (SSSR count). The van der Waals surface area contributed by atoms with Gasteiger partial charge in [-0.3, -0.25) is 43.2 Å². The number of nitrogens with one attached hydrogen (secondary N) is 5. The van der Waals surface area contributed by atoms with Gasteiger partial charge in [0.05, 0.1) is 12.6 Å². The van der Waals surface area contributed by atoms with Crippen molar-refractivity contribution in [2.24, 2.45) is 11.7 Å². The molecule has 0 unspecified atom stereocenters. The first kappa shape index (κ1) is 76.3. The number of nitrogens with two attached hydrogens (primary N) is 1. The van der Waals surface area contributed by atoms with E-state index >= 15 is 0 Å². The smallest absolute Gasteiger partial charge is 0.326 e. The Balaban J connectivity index is 5.00. The number of carbonyl (C=O) groups is 11. The molecule has 0 heterocycles. The molecular formula is C60H107N7O15. The lowest BCUT2D eigenvalue weighted by Crippen LogP contribution is -2.48. The van der Waals surface area contributed by atoms with Gasteiger partial charge in [0, 0.05) is 64.6 Å². The number of aliphatic carboxylic acids is 4. The van der Waals surface area contributed by atoms with Gasteiger partial charge in [0.1, 0.15) is 18.1 Å². The Hall–Kier alpha value is -5.67. The molecule has 4 atom stereocenters. The van der Waals surface area contributed by atoms with Crippen molar-refractivity contribution in [2.45, 2.75) is 282 Å². The number of ketones is 1. The maximum absolute atomic E-state index is 13.5. The van der Waals surface area contributed by atoms with E-state index in [1.54, 1.807) is 13.8 Å². The maximum atomic E-state index is 13.5. The lowest BCUT2D eigenvalue weighted by atomic mass is 10.0. The van der Waals surface area contributed by atoms with Crippen molar-refractivity contribution in [1.82, 2.24) is 31.5 Å². The molecule has 22 heteroatoms. The fraction of sp³-hybridized carbons (Fsp3) is 0.817. The molecule has 11 N–H and O–H groups in total. The first-order valence-corrected chi connectivity index (χ1v) is 31.0. The second-order valence-electron chi connectivity index (χ2n) is 22.4. The Bertz CT molecular complexity index is 1870. The molecule has 0 aromatic carbocycles. The minimum Gasteiger partial charge on any atom is -0.481 e. The fourth-order valence-electron chi connectivity index (χ4n) is 9.31.